The van der Waals surface area contributed by atoms with Crippen LogP contribution in [0.1, 0.15) is 38.5 Å². The van der Waals surface area contributed by atoms with Crippen molar-refractivity contribution in [3.63, 3.8) is 0 Å². The van der Waals surface area contributed by atoms with Gasteiger partial charge in [-0.05, 0) is 31.4 Å². The van der Waals surface area contributed by atoms with E-state index in [2.05, 4.69) is 5.32 Å². The van der Waals surface area contributed by atoms with E-state index in [-0.39, 0.29) is 5.91 Å². The molecule has 5 nitrogen and oxygen atoms in total. The Morgan fingerprint density at radius 2 is 2.14 bits per heavy atom. The minimum absolute atomic E-state index is 0.0342. The van der Waals surface area contributed by atoms with Crippen molar-refractivity contribution in [2.75, 3.05) is 24.8 Å². The Morgan fingerprint density at radius 1 is 1.38 bits per heavy atom. The molecule has 2 rings (SSSR count). The molecule has 116 valence electrons. The van der Waals surface area contributed by atoms with Gasteiger partial charge in [0.15, 0.2) is 0 Å². The minimum atomic E-state index is -0.0342. The molecule has 0 bridgehead atoms. The number of benzene rings is 1. The summed E-state index contributed by atoms with van der Waals surface area (Å²) in [7, 11) is 1.56. The second kappa shape index (κ2) is 7.88. The highest BCUT2D eigenvalue weighted by Gasteiger charge is 2.15. The normalized spacial score (nSPS) is 15.1. The summed E-state index contributed by atoms with van der Waals surface area (Å²) in [5, 5.41) is 2.84. The Hall–Kier alpha value is -1.75. The molecule has 1 aromatic carbocycles. The molecule has 1 amide bonds. The zero-order valence-corrected chi connectivity index (χ0v) is 12.6. The zero-order chi connectivity index (χ0) is 15.1. The lowest BCUT2D eigenvalue weighted by Crippen LogP contribution is -2.14. The van der Waals surface area contributed by atoms with E-state index < -0.39 is 0 Å². The van der Waals surface area contributed by atoms with Gasteiger partial charge in [0.05, 0.1) is 18.9 Å². The van der Waals surface area contributed by atoms with E-state index >= 15 is 0 Å². The van der Waals surface area contributed by atoms with E-state index in [9.17, 15) is 4.79 Å². The van der Waals surface area contributed by atoms with Crippen LogP contribution in [0.3, 0.4) is 0 Å². The maximum absolute atomic E-state index is 11.9. The average molecular weight is 292 g/mol. The van der Waals surface area contributed by atoms with Crippen molar-refractivity contribution in [1.82, 2.24) is 0 Å². The van der Waals surface area contributed by atoms with E-state index in [0.29, 0.717) is 36.3 Å². The number of carbonyl (C=O) groups is 1. The van der Waals surface area contributed by atoms with Crippen LogP contribution in [0.5, 0.6) is 5.75 Å². The van der Waals surface area contributed by atoms with Gasteiger partial charge in [-0.15, -0.1) is 0 Å². The highest BCUT2D eigenvalue weighted by molar-refractivity contribution is 5.92. The van der Waals surface area contributed by atoms with Crippen molar-refractivity contribution >= 4 is 17.3 Å². The van der Waals surface area contributed by atoms with E-state index in [0.717, 1.165) is 19.3 Å². The van der Waals surface area contributed by atoms with Crippen LogP contribution in [0.15, 0.2) is 18.2 Å². The molecule has 1 aliphatic carbocycles. The molecule has 0 radical (unpaired) electrons. The van der Waals surface area contributed by atoms with Crippen LogP contribution in [0.25, 0.3) is 0 Å². The van der Waals surface area contributed by atoms with Gasteiger partial charge in [0, 0.05) is 24.8 Å². The van der Waals surface area contributed by atoms with Crippen molar-refractivity contribution in [1.29, 1.82) is 0 Å². The first-order valence-corrected chi connectivity index (χ1v) is 7.54. The van der Waals surface area contributed by atoms with Crippen LogP contribution in [0.4, 0.5) is 11.4 Å². The van der Waals surface area contributed by atoms with Gasteiger partial charge in [-0.2, -0.15) is 0 Å². The van der Waals surface area contributed by atoms with Crippen LogP contribution in [-0.4, -0.2) is 25.7 Å². The molecule has 0 aromatic heterocycles. The molecule has 0 spiro atoms. The van der Waals surface area contributed by atoms with E-state index in [1.165, 1.54) is 12.8 Å². The molecule has 0 heterocycles. The first-order chi connectivity index (χ1) is 10.2. The van der Waals surface area contributed by atoms with Crippen molar-refractivity contribution in [2.45, 2.75) is 44.6 Å². The molecule has 3 N–H and O–H groups in total. The zero-order valence-electron chi connectivity index (χ0n) is 12.6. The third kappa shape index (κ3) is 4.93. The Kier molecular flexibility index (Phi) is 5.87. The Balaban J connectivity index is 1.71. The standard InChI is InChI=1S/C16H24N2O3/c1-20-15-11-12(17)8-9-14(15)18-16(19)7-4-10-21-13-5-2-3-6-13/h8-9,11,13H,2-7,10,17H2,1H3,(H,18,19). The number of anilines is 2. The Labute approximate surface area is 125 Å². The third-order valence-electron chi connectivity index (χ3n) is 3.70. The second-order valence-corrected chi connectivity index (χ2v) is 5.39. The molecule has 0 atom stereocenters. The Bertz CT molecular complexity index is 471. The number of methoxy groups -OCH3 is 1. The fourth-order valence-corrected chi connectivity index (χ4v) is 2.56. The van der Waals surface area contributed by atoms with Gasteiger partial charge in [0.25, 0.3) is 0 Å². The number of hydrogen-bond donors (Lipinski definition) is 2. The number of nitrogens with two attached hydrogens (primary N) is 1. The third-order valence-corrected chi connectivity index (χ3v) is 3.70. The number of rotatable bonds is 7. The first-order valence-electron chi connectivity index (χ1n) is 7.54. The van der Waals surface area contributed by atoms with Crippen molar-refractivity contribution in [2.24, 2.45) is 0 Å². The highest BCUT2D eigenvalue weighted by Crippen LogP contribution is 2.26. The lowest BCUT2D eigenvalue weighted by atomic mass is 10.2. The number of nitrogen functional groups attached to an aromatic ring is 1. The number of carbonyl (C=O) groups excluding carboxylic acids is 1. The molecule has 5 heteroatoms. The summed E-state index contributed by atoms with van der Waals surface area (Å²) in [4.78, 5) is 11.9. The number of hydrogen-bond acceptors (Lipinski definition) is 4. The predicted octanol–water partition coefficient (Wildman–Crippen LogP) is 2.96. The minimum Gasteiger partial charge on any atom is -0.494 e. The van der Waals surface area contributed by atoms with Crippen LogP contribution in [-0.2, 0) is 9.53 Å². The molecule has 1 aromatic rings. The largest absolute Gasteiger partial charge is 0.494 e. The van der Waals surface area contributed by atoms with E-state index in [4.69, 9.17) is 15.2 Å². The summed E-state index contributed by atoms with van der Waals surface area (Å²) >= 11 is 0. The molecular formula is C16H24N2O3. The van der Waals surface area contributed by atoms with Gasteiger partial charge in [-0.25, -0.2) is 0 Å². The van der Waals surface area contributed by atoms with Gasteiger partial charge in [0.1, 0.15) is 5.75 Å². The van der Waals surface area contributed by atoms with E-state index in [1.54, 1.807) is 25.3 Å². The second-order valence-electron chi connectivity index (χ2n) is 5.39. The van der Waals surface area contributed by atoms with Gasteiger partial charge in [-0.1, -0.05) is 12.8 Å². The predicted molar refractivity (Wildman–Crippen MR) is 83.5 cm³/mol. The number of amides is 1. The van der Waals surface area contributed by atoms with Crippen molar-refractivity contribution in [3.8, 4) is 5.75 Å². The molecule has 1 fully saturated rings. The summed E-state index contributed by atoms with van der Waals surface area (Å²) in [6.45, 7) is 0.650. The maximum atomic E-state index is 11.9. The monoisotopic (exact) mass is 292 g/mol. The van der Waals surface area contributed by atoms with Crippen molar-refractivity contribution < 1.29 is 14.3 Å². The number of ether oxygens (including phenoxy) is 2. The lowest BCUT2D eigenvalue weighted by Gasteiger charge is -2.12. The molecule has 1 saturated carbocycles. The van der Waals surface area contributed by atoms with Gasteiger partial charge in [-0.3, -0.25) is 4.79 Å². The SMILES string of the molecule is COc1cc(N)ccc1NC(=O)CCCOC1CCCC1. The summed E-state index contributed by atoms with van der Waals surface area (Å²) in [5.41, 5.74) is 6.94. The van der Waals surface area contributed by atoms with Gasteiger partial charge in [0.2, 0.25) is 5.91 Å². The molecule has 21 heavy (non-hydrogen) atoms. The van der Waals surface area contributed by atoms with Crippen LogP contribution in [0, 0.1) is 0 Å². The molecule has 0 aliphatic heterocycles. The average Bonchev–Trinajstić information content (AvgIpc) is 2.99. The summed E-state index contributed by atoms with van der Waals surface area (Å²) in [6.07, 6.45) is 6.44. The molecule has 1 aliphatic rings. The molecule has 0 unspecified atom stereocenters. The molecular weight excluding hydrogens is 268 g/mol. The van der Waals surface area contributed by atoms with Gasteiger partial charge >= 0.3 is 0 Å². The summed E-state index contributed by atoms with van der Waals surface area (Å²) in [5.74, 6) is 0.540. The quantitative estimate of drug-likeness (QED) is 0.598. The molecule has 0 saturated heterocycles. The van der Waals surface area contributed by atoms with Crippen molar-refractivity contribution in [3.05, 3.63) is 18.2 Å². The van der Waals surface area contributed by atoms with Crippen LogP contribution >= 0.6 is 0 Å². The highest BCUT2D eigenvalue weighted by atomic mass is 16.5. The van der Waals surface area contributed by atoms with Crippen LogP contribution < -0.4 is 15.8 Å². The fourth-order valence-electron chi connectivity index (χ4n) is 2.56. The van der Waals surface area contributed by atoms with Crippen LogP contribution in [0.2, 0.25) is 0 Å². The lowest BCUT2D eigenvalue weighted by molar-refractivity contribution is -0.116. The van der Waals surface area contributed by atoms with Gasteiger partial charge < -0.3 is 20.5 Å². The summed E-state index contributed by atoms with van der Waals surface area (Å²) in [6, 6.07) is 5.18. The maximum Gasteiger partial charge on any atom is 0.224 e. The van der Waals surface area contributed by atoms with E-state index in [1.807, 2.05) is 0 Å². The fraction of sp³-hybridized carbons (Fsp3) is 0.562. The topological polar surface area (TPSA) is 73.6 Å². The number of nitrogens with one attached hydrogen (secondary N) is 1. The smallest absolute Gasteiger partial charge is 0.224 e. The summed E-state index contributed by atoms with van der Waals surface area (Å²) < 4.78 is 10.9. The Morgan fingerprint density at radius 3 is 2.86 bits per heavy atom. The first kappa shape index (κ1) is 15.6.